The Bertz CT molecular complexity index is 662. The predicted molar refractivity (Wildman–Crippen MR) is 74.1 cm³/mol. The standard InChI is InChI=1S/C14H15N3O2/c1-9-5-6-12(13(18)16-9)14(19)17-11-4-2-3-10(7-11)8-15/h2-7H,8,15H2,1H3,(H,16,18)(H,17,19). The summed E-state index contributed by atoms with van der Waals surface area (Å²) in [6.45, 7) is 2.16. The van der Waals surface area contributed by atoms with Gasteiger partial charge in [-0.15, -0.1) is 0 Å². The van der Waals surface area contributed by atoms with Crippen molar-refractivity contribution in [1.82, 2.24) is 4.98 Å². The van der Waals surface area contributed by atoms with Crippen molar-refractivity contribution in [3.8, 4) is 0 Å². The Hall–Kier alpha value is -2.40. The van der Waals surface area contributed by atoms with E-state index in [4.69, 9.17) is 5.73 Å². The lowest BCUT2D eigenvalue weighted by Crippen LogP contribution is -2.23. The zero-order chi connectivity index (χ0) is 13.8. The van der Waals surface area contributed by atoms with E-state index in [1.807, 2.05) is 6.07 Å². The first kappa shape index (κ1) is 13.0. The molecule has 4 N–H and O–H groups in total. The van der Waals surface area contributed by atoms with E-state index < -0.39 is 11.5 Å². The van der Waals surface area contributed by atoms with Crippen molar-refractivity contribution in [2.45, 2.75) is 13.5 Å². The molecule has 2 rings (SSSR count). The summed E-state index contributed by atoms with van der Waals surface area (Å²) < 4.78 is 0. The summed E-state index contributed by atoms with van der Waals surface area (Å²) in [5, 5.41) is 2.68. The molecule has 1 aromatic heterocycles. The van der Waals surface area contributed by atoms with E-state index in [0.717, 1.165) is 5.56 Å². The molecule has 0 unspecified atom stereocenters. The number of aromatic amines is 1. The predicted octanol–water partition coefficient (Wildman–Crippen LogP) is 1.39. The van der Waals surface area contributed by atoms with Gasteiger partial charge in [0.1, 0.15) is 5.56 Å². The fraction of sp³-hybridized carbons (Fsp3) is 0.143. The summed E-state index contributed by atoms with van der Waals surface area (Å²) in [4.78, 5) is 26.2. The topological polar surface area (TPSA) is 88.0 Å². The summed E-state index contributed by atoms with van der Waals surface area (Å²) in [5.41, 5.74) is 7.47. The number of aromatic nitrogens is 1. The molecule has 0 radical (unpaired) electrons. The van der Waals surface area contributed by atoms with E-state index in [2.05, 4.69) is 10.3 Å². The van der Waals surface area contributed by atoms with Gasteiger partial charge >= 0.3 is 0 Å². The molecule has 1 aromatic carbocycles. The molecule has 0 saturated heterocycles. The van der Waals surface area contributed by atoms with Crippen molar-refractivity contribution in [3.05, 3.63) is 63.6 Å². The first-order chi connectivity index (χ1) is 9.10. The van der Waals surface area contributed by atoms with Gasteiger partial charge in [-0.3, -0.25) is 9.59 Å². The van der Waals surface area contributed by atoms with Crippen LogP contribution in [0.15, 0.2) is 41.2 Å². The van der Waals surface area contributed by atoms with Gasteiger partial charge in [-0.1, -0.05) is 12.1 Å². The number of nitrogens with one attached hydrogen (secondary N) is 2. The van der Waals surface area contributed by atoms with Crippen LogP contribution in [-0.4, -0.2) is 10.9 Å². The highest BCUT2D eigenvalue weighted by atomic mass is 16.2. The van der Waals surface area contributed by atoms with Crippen LogP contribution in [0.2, 0.25) is 0 Å². The molecule has 0 fully saturated rings. The van der Waals surface area contributed by atoms with Crippen LogP contribution in [0.5, 0.6) is 0 Å². The van der Waals surface area contributed by atoms with Gasteiger partial charge in [0.2, 0.25) is 0 Å². The van der Waals surface area contributed by atoms with Gasteiger partial charge in [0.15, 0.2) is 0 Å². The number of rotatable bonds is 3. The van der Waals surface area contributed by atoms with Crippen LogP contribution in [-0.2, 0) is 6.54 Å². The van der Waals surface area contributed by atoms with Crippen molar-refractivity contribution in [2.75, 3.05) is 5.32 Å². The average Bonchev–Trinajstić information content (AvgIpc) is 2.38. The van der Waals surface area contributed by atoms with Gasteiger partial charge < -0.3 is 16.0 Å². The molecule has 0 bridgehead atoms. The highest BCUT2D eigenvalue weighted by molar-refractivity contribution is 6.04. The van der Waals surface area contributed by atoms with Crippen molar-refractivity contribution >= 4 is 11.6 Å². The monoisotopic (exact) mass is 257 g/mol. The number of anilines is 1. The number of nitrogens with two attached hydrogens (primary N) is 1. The molecule has 0 spiro atoms. The first-order valence-electron chi connectivity index (χ1n) is 5.90. The summed E-state index contributed by atoms with van der Waals surface area (Å²) in [6, 6.07) is 10.4. The molecule has 0 aliphatic heterocycles. The van der Waals surface area contributed by atoms with Crippen LogP contribution in [0, 0.1) is 6.92 Å². The quantitative estimate of drug-likeness (QED) is 0.776. The largest absolute Gasteiger partial charge is 0.326 e. The smallest absolute Gasteiger partial charge is 0.261 e. The summed E-state index contributed by atoms with van der Waals surface area (Å²) in [5.74, 6) is -0.435. The third-order valence-corrected chi connectivity index (χ3v) is 2.72. The third kappa shape index (κ3) is 3.08. The van der Waals surface area contributed by atoms with E-state index >= 15 is 0 Å². The van der Waals surface area contributed by atoms with Gasteiger partial charge in [-0.25, -0.2) is 0 Å². The van der Waals surface area contributed by atoms with Gasteiger partial charge in [-0.05, 0) is 36.8 Å². The molecule has 0 saturated carbocycles. The molecule has 0 aliphatic carbocycles. The number of hydrogen-bond donors (Lipinski definition) is 3. The van der Waals surface area contributed by atoms with Crippen molar-refractivity contribution in [2.24, 2.45) is 5.73 Å². The Morgan fingerprint density at radius 2 is 2.11 bits per heavy atom. The fourth-order valence-electron chi connectivity index (χ4n) is 1.73. The van der Waals surface area contributed by atoms with Crippen LogP contribution < -0.4 is 16.6 Å². The second-order valence-corrected chi connectivity index (χ2v) is 4.24. The van der Waals surface area contributed by atoms with Gasteiger partial charge in [-0.2, -0.15) is 0 Å². The minimum atomic E-state index is -0.435. The summed E-state index contributed by atoms with van der Waals surface area (Å²) in [6.07, 6.45) is 0. The lowest BCUT2D eigenvalue weighted by atomic mass is 10.2. The second-order valence-electron chi connectivity index (χ2n) is 4.24. The fourth-order valence-corrected chi connectivity index (χ4v) is 1.73. The highest BCUT2D eigenvalue weighted by Gasteiger charge is 2.10. The van der Waals surface area contributed by atoms with Crippen LogP contribution in [0.3, 0.4) is 0 Å². The van der Waals surface area contributed by atoms with E-state index in [9.17, 15) is 9.59 Å². The Kier molecular flexibility index (Phi) is 3.77. The molecular weight excluding hydrogens is 242 g/mol. The maximum absolute atomic E-state index is 12.0. The van der Waals surface area contributed by atoms with E-state index in [-0.39, 0.29) is 5.56 Å². The Morgan fingerprint density at radius 1 is 1.32 bits per heavy atom. The SMILES string of the molecule is Cc1ccc(C(=O)Nc2cccc(CN)c2)c(=O)[nH]1. The van der Waals surface area contributed by atoms with Gasteiger partial charge in [0.05, 0.1) is 0 Å². The zero-order valence-corrected chi connectivity index (χ0v) is 10.6. The lowest BCUT2D eigenvalue weighted by molar-refractivity contribution is 0.102. The number of benzene rings is 1. The maximum atomic E-state index is 12.0. The molecule has 1 heterocycles. The number of H-pyrrole nitrogens is 1. The number of aryl methyl sites for hydroxylation is 1. The zero-order valence-electron chi connectivity index (χ0n) is 10.6. The molecule has 2 aromatic rings. The Labute approximate surface area is 110 Å². The minimum absolute atomic E-state index is 0.0868. The van der Waals surface area contributed by atoms with Gasteiger partial charge in [0.25, 0.3) is 11.5 Å². The normalized spacial score (nSPS) is 10.2. The highest BCUT2D eigenvalue weighted by Crippen LogP contribution is 2.11. The number of carbonyl (C=O) groups is 1. The molecule has 19 heavy (non-hydrogen) atoms. The summed E-state index contributed by atoms with van der Waals surface area (Å²) >= 11 is 0. The van der Waals surface area contributed by atoms with E-state index in [0.29, 0.717) is 17.9 Å². The first-order valence-corrected chi connectivity index (χ1v) is 5.90. The van der Waals surface area contributed by atoms with Crippen LogP contribution >= 0.6 is 0 Å². The van der Waals surface area contributed by atoms with E-state index in [1.54, 1.807) is 31.2 Å². The Morgan fingerprint density at radius 3 is 2.79 bits per heavy atom. The molecular formula is C14H15N3O2. The molecule has 0 atom stereocenters. The second kappa shape index (κ2) is 5.49. The number of hydrogen-bond acceptors (Lipinski definition) is 3. The average molecular weight is 257 g/mol. The van der Waals surface area contributed by atoms with Crippen LogP contribution in [0.1, 0.15) is 21.6 Å². The van der Waals surface area contributed by atoms with Gasteiger partial charge in [0, 0.05) is 17.9 Å². The third-order valence-electron chi connectivity index (χ3n) is 2.72. The number of amides is 1. The van der Waals surface area contributed by atoms with Crippen LogP contribution in [0.25, 0.3) is 0 Å². The van der Waals surface area contributed by atoms with Crippen LogP contribution in [0.4, 0.5) is 5.69 Å². The molecule has 5 nitrogen and oxygen atoms in total. The molecule has 98 valence electrons. The van der Waals surface area contributed by atoms with E-state index in [1.165, 1.54) is 6.07 Å². The Balaban J connectivity index is 2.23. The molecule has 5 heteroatoms. The van der Waals surface area contributed by atoms with Crippen molar-refractivity contribution < 1.29 is 4.79 Å². The van der Waals surface area contributed by atoms with Crippen molar-refractivity contribution in [1.29, 1.82) is 0 Å². The lowest BCUT2D eigenvalue weighted by Gasteiger charge is -2.06. The number of carbonyl (C=O) groups excluding carboxylic acids is 1. The number of pyridine rings is 1. The minimum Gasteiger partial charge on any atom is -0.326 e. The molecule has 0 aliphatic rings. The molecule has 1 amide bonds. The summed E-state index contributed by atoms with van der Waals surface area (Å²) in [7, 11) is 0. The van der Waals surface area contributed by atoms with Crippen molar-refractivity contribution in [3.63, 3.8) is 0 Å². The maximum Gasteiger partial charge on any atom is 0.261 e.